The molecule has 0 radical (unpaired) electrons. The van der Waals surface area contributed by atoms with Crippen molar-refractivity contribution in [2.45, 2.75) is 46.0 Å². The third-order valence-corrected chi connectivity index (χ3v) is 3.32. The van der Waals surface area contributed by atoms with Crippen LogP contribution in [0.15, 0.2) is 18.2 Å². The first-order valence-corrected chi connectivity index (χ1v) is 6.78. The van der Waals surface area contributed by atoms with Crippen molar-refractivity contribution in [1.82, 2.24) is 0 Å². The maximum atomic E-state index is 9.55. The average molecular weight is 250 g/mol. The molecule has 18 heavy (non-hydrogen) atoms. The van der Waals surface area contributed by atoms with E-state index in [1.807, 2.05) is 6.07 Å². The molecule has 1 aromatic rings. The van der Waals surface area contributed by atoms with Gasteiger partial charge in [-0.2, -0.15) is 0 Å². The Labute approximate surface area is 111 Å². The van der Waals surface area contributed by atoms with Crippen LogP contribution < -0.4 is 4.74 Å². The van der Waals surface area contributed by atoms with E-state index in [2.05, 4.69) is 39.8 Å². The monoisotopic (exact) mass is 250 g/mol. The molecule has 0 saturated heterocycles. The maximum absolute atomic E-state index is 9.55. The minimum Gasteiger partial charge on any atom is -0.496 e. The molecular weight excluding hydrogens is 224 g/mol. The summed E-state index contributed by atoms with van der Waals surface area (Å²) in [5.41, 5.74) is 2.44. The van der Waals surface area contributed by atoms with Crippen molar-refractivity contribution < 1.29 is 9.84 Å². The van der Waals surface area contributed by atoms with Crippen molar-refractivity contribution in [3.63, 3.8) is 0 Å². The van der Waals surface area contributed by atoms with Crippen LogP contribution in [0, 0.1) is 5.92 Å². The van der Waals surface area contributed by atoms with E-state index in [4.69, 9.17) is 4.74 Å². The van der Waals surface area contributed by atoms with Crippen LogP contribution in [-0.2, 0) is 0 Å². The number of benzene rings is 1. The van der Waals surface area contributed by atoms with E-state index in [-0.39, 0.29) is 12.5 Å². The molecule has 2 heteroatoms. The molecule has 2 nitrogen and oxygen atoms in total. The Hall–Kier alpha value is -1.02. The lowest BCUT2D eigenvalue weighted by Gasteiger charge is -2.20. The fraction of sp³-hybridized carbons (Fsp3) is 0.625. The first-order chi connectivity index (χ1) is 8.49. The van der Waals surface area contributed by atoms with Crippen molar-refractivity contribution >= 4 is 0 Å². The van der Waals surface area contributed by atoms with Gasteiger partial charge < -0.3 is 9.84 Å². The molecule has 1 atom stereocenters. The molecule has 1 unspecified atom stereocenters. The van der Waals surface area contributed by atoms with Gasteiger partial charge in [0.1, 0.15) is 5.75 Å². The van der Waals surface area contributed by atoms with Crippen molar-refractivity contribution in [1.29, 1.82) is 0 Å². The number of aliphatic hydroxyl groups is 1. The highest BCUT2D eigenvalue weighted by molar-refractivity contribution is 5.40. The molecule has 0 aliphatic rings. The normalized spacial score (nSPS) is 13.1. The van der Waals surface area contributed by atoms with E-state index in [1.54, 1.807) is 7.11 Å². The highest BCUT2D eigenvalue weighted by Gasteiger charge is 2.15. The van der Waals surface area contributed by atoms with Gasteiger partial charge in [0.25, 0.3) is 0 Å². The molecule has 0 aliphatic heterocycles. The summed E-state index contributed by atoms with van der Waals surface area (Å²) >= 11 is 0. The van der Waals surface area contributed by atoms with Crippen LogP contribution in [0.5, 0.6) is 5.75 Å². The van der Waals surface area contributed by atoms with E-state index < -0.39 is 0 Å². The van der Waals surface area contributed by atoms with Gasteiger partial charge in [-0.15, -0.1) is 0 Å². The van der Waals surface area contributed by atoms with E-state index in [9.17, 15) is 5.11 Å². The second-order valence-electron chi connectivity index (χ2n) is 5.67. The number of hydrogen-bond acceptors (Lipinski definition) is 2. The van der Waals surface area contributed by atoms with Crippen LogP contribution in [0.25, 0.3) is 0 Å². The van der Waals surface area contributed by atoms with Crippen LogP contribution in [0.2, 0.25) is 0 Å². The van der Waals surface area contributed by atoms with Gasteiger partial charge in [-0.3, -0.25) is 0 Å². The number of aliphatic hydroxyl groups excluding tert-OH is 1. The maximum Gasteiger partial charge on any atom is 0.122 e. The standard InChI is InChI=1S/C16H26O2/c1-11(2)8-14(10-17)13-6-7-16(18-5)15(9-13)12(3)4/h6-7,9,11-12,14,17H,8,10H2,1-5H3. The topological polar surface area (TPSA) is 29.5 Å². The van der Waals surface area contributed by atoms with Crippen LogP contribution >= 0.6 is 0 Å². The van der Waals surface area contributed by atoms with Gasteiger partial charge in [-0.25, -0.2) is 0 Å². The molecule has 0 aliphatic carbocycles. The van der Waals surface area contributed by atoms with Crippen molar-refractivity contribution in [3.8, 4) is 5.75 Å². The molecular formula is C16H26O2. The first-order valence-electron chi connectivity index (χ1n) is 6.78. The quantitative estimate of drug-likeness (QED) is 0.828. The number of ether oxygens (including phenoxy) is 1. The summed E-state index contributed by atoms with van der Waals surface area (Å²) in [5, 5.41) is 9.55. The van der Waals surface area contributed by atoms with E-state index in [0.717, 1.165) is 12.2 Å². The van der Waals surface area contributed by atoms with Gasteiger partial charge in [0.05, 0.1) is 7.11 Å². The number of methoxy groups -OCH3 is 1. The molecule has 0 bridgehead atoms. The summed E-state index contributed by atoms with van der Waals surface area (Å²) in [4.78, 5) is 0. The fourth-order valence-corrected chi connectivity index (χ4v) is 2.34. The van der Waals surface area contributed by atoms with Crippen LogP contribution in [-0.4, -0.2) is 18.8 Å². The van der Waals surface area contributed by atoms with Gasteiger partial charge in [0.2, 0.25) is 0 Å². The van der Waals surface area contributed by atoms with E-state index in [0.29, 0.717) is 11.8 Å². The lowest BCUT2D eigenvalue weighted by atomic mass is 9.88. The zero-order valence-corrected chi connectivity index (χ0v) is 12.2. The third-order valence-electron chi connectivity index (χ3n) is 3.32. The van der Waals surface area contributed by atoms with E-state index >= 15 is 0 Å². The zero-order chi connectivity index (χ0) is 13.7. The third kappa shape index (κ3) is 3.74. The molecule has 0 fully saturated rings. The lowest BCUT2D eigenvalue weighted by molar-refractivity contribution is 0.248. The zero-order valence-electron chi connectivity index (χ0n) is 12.2. The van der Waals surface area contributed by atoms with Crippen LogP contribution in [0.4, 0.5) is 0 Å². The Bertz CT molecular complexity index is 369. The number of rotatable bonds is 6. The Morgan fingerprint density at radius 1 is 1.17 bits per heavy atom. The Morgan fingerprint density at radius 2 is 1.83 bits per heavy atom. The van der Waals surface area contributed by atoms with Gasteiger partial charge in [-0.1, -0.05) is 39.8 Å². The lowest BCUT2D eigenvalue weighted by Crippen LogP contribution is -2.08. The Morgan fingerprint density at radius 3 is 2.28 bits per heavy atom. The molecule has 0 saturated carbocycles. The van der Waals surface area contributed by atoms with Crippen LogP contribution in [0.3, 0.4) is 0 Å². The van der Waals surface area contributed by atoms with E-state index in [1.165, 1.54) is 11.1 Å². The summed E-state index contributed by atoms with van der Waals surface area (Å²) < 4.78 is 5.39. The molecule has 1 aromatic carbocycles. The summed E-state index contributed by atoms with van der Waals surface area (Å²) in [5.74, 6) is 2.19. The summed E-state index contributed by atoms with van der Waals surface area (Å²) in [6.07, 6.45) is 1.01. The predicted octanol–water partition coefficient (Wildman–Crippen LogP) is 3.94. The summed E-state index contributed by atoms with van der Waals surface area (Å²) in [7, 11) is 1.71. The van der Waals surface area contributed by atoms with Crippen molar-refractivity contribution in [2.24, 2.45) is 5.92 Å². The highest BCUT2D eigenvalue weighted by Crippen LogP contribution is 2.31. The Kier molecular flexibility index (Phi) is 5.67. The minimum absolute atomic E-state index is 0.210. The molecule has 0 spiro atoms. The highest BCUT2D eigenvalue weighted by atomic mass is 16.5. The molecule has 0 aromatic heterocycles. The largest absolute Gasteiger partial charge is 0.496 e. The minimum atomic E-state index is 0.210. The summed E-state index contributed by atoms with van der Waals surface area (Å²) in [6.45, 7) is 8.92. The molecule has 0 amide bonds. The second kappa shape index (κ2) is 6.79. The van der Waals surface area contributed by atoms with Crippen molar-refractivity contribution in [3.05, 3.63) is 29.3 Å². The SMILES string of the molecule is COc1ccc(C(CO)CC(C)C)cc1C(C)C. The average Bonchev–Trinajstić information content (AvgIpc) is 2.34. The summed E-state index contributed by atoms with van der Waals surface area (Å²) in [6, 6.07) is 6.29. The van der Waals surface area contributed by atoms with Crippen molar-refractivity contribution in [2.75, 3.05) is 13.7 Å². The first kappa shape index (κ1) is 15.0. The number of hydrogen-bond donors (Lipinski definition) is 1. The smallest absolute Gasteiger partial charge is 0.122 e. The van der Waals surface area contributed by atoms with Gasteiger partial charge >= 0.3 is 0 Å². The molecule has 1 rings (SSSR count). The molecule has 0 heterocycles. The molecule has 1 N–H and O–H groups in total. The Balaban J connectivity index is 3.05. The fourth-order valence-electron chi connectivity index (χ4n) is 2.34. The second-order valence-corrected chi connectivity index (χ2v) is 5.67. The predicted molar refractivity (Wildman–Crippen MR) is 76.4 cm³/mol. The van der Waals surface area contributed by atoms with Gasteiger partial charge in [0, 0.05) is 12.5 Å². The molecule has 102 valence electrons. The van der Waals surface area contributed by atoms with Gasteiger partial charge in [0.15, 0.2) is 0 Å². The van der Waals surface area contributed by atoms with Crippen LogP contribution in [0.1, 0.15) is 57.1 Å². The van der Waals surface area contributed by atoms with Gasteiger partial charge in [-0.05, 0) is 35.4 Å².